The highest BCUT2D eigenvalue weighted by molar-refractivity contribution is 7.89. The van der Waals surface area contributed by atoms with Gasteiger partial charge in [-0.15, -0.1) is 10.2 Å². The second kappa shape index (κ2) is 6.97. The summed E-state index contributed by atoms with van der Waals surface area (Å²) in [7, 11) is -2.01. The van der Waals surface area contributed by atoms with Crippen LogP contribution in [0.1, 0.15) is 17.5 Å². The first-order valence-corrected chi connectivity index (χ1v) is 9.46. The predicted octanol–water partition coefficient (Wildman–Crippen LogP) is 1.94. The van der Waals surface area contributed by atoms with Crippen molar-refractivity contribution in [3.63, 3.8) is 0 Å². The number of hydrogen-bond acceptors (Lipinski definition) is 6. The van der Waals surface area contributed by atoms with Crippen molar-refractivity contribution in [3.05, 3.63) is 41.5 Å². The average molecular weight is 363 g/mol. The summed E-state index contributed by atoms with van der Waals surface area (Å²) < 4.78 is 37.9. The molecule has 0 bridgehead atoms. The van der Waals surface area contributed by atoms with Gasteiger partial charge >= 0.3 is 0 Å². The third-order valence-electron chi connectivity index (χ3n) is 4.17. The van der Waals surface area contributed by atoms with E-state index in [1.807, 2.05) is 26.0 Å². The number of sulfonamides is 1. The van der Waals surface area contributed by atoms with Crippen molar-refractivity contribution >= 4 is 10.0 Å². The van der Waals surface area contributed by atoms with Gasteiger partial charge in [-0.05, 0) is 31.9 Å². The van der Waals surface area contributed by atoms with E-state index in [1.165, 1.54) is 11.4 Å². The molecule has 1 aromatic carbocycles. The number of aryl methyl sites for hydroxylation is 2. The molecule has 1 aromatic heterocycles. The molecule has 1 saturated heterocycles. The van der Waals surface area contributed by atoms with Gasteiger partial charge in [-0.25, -0.2) is 8.42 Å². The fraction of sp³-hybridized carbons (Fsp3) is 0.412. The second-order valence-electron chi connectivity index (χ2n) is 6.07. The number of methoxy groups -OCH3 is 1. The van der Waals surface area contributed by atoms with E-state index in [4.69, 9.17) is 9.47 Å². The molecule has 0 aliphatic carbocycles. The molecule has 8 heteroatoms. The van der Waals surface area contributed by atoms with E-state index < -0.39 is 10.0 Å². The summed E-state index contributed by atoms with van der Waals surface area (Å²) in [4.78, 5) is 0.350. The lowest BCUT2D eigenvalue weighted by Gasteiger charge is -2.18. The van der Waals surface area contributed by atoms with Gasteiger partial charge in [-0.1, -0.05) is 17.7 Å². The molecule has 1 unspecified atom stereocenters. The van der Waals surface area contributed by atoms with Crippen LogP contribution in [0, 0.1) is 13.8 Å². The Labute approximate surface area is 147 Å². The van der Waals surface area contributed by atoms with Crippen LogP contribution >= 0.6 is 0 Å². The van der Waals surface area contributed by atoms with Crippen molar-refractivity contribution in [2.24, 2.45) is 0 Å². The smallest absolute Gasteiger partial charge is 0.243 e. The van der Waals surface area contributed by atoms with E-state index in [1.54, 1.807) is 18.2 Å². The molecule has 2 heterocycles. The highest BCUT2D eigenvalue weighted by Crippen LogP contribution is 2.26. The summed E-state index contributed by atoms with van der Waals surface area (Å²) >= 11 is 0. The molecule has 1 aliphatic rings. The topological polar surface area (TPSA) is 81.6 Å². The molecular weight excluding hydrogens is 342 g/mol. The average Bonchev–Trinajstić information content (AvgIpc) is 3.04. The Kier molecular flexibility index (Phi) is 4.91. The molecule has 0 spiro atoms. The minimum absolute atomic E-state index is 0.247. The Balaban J connectivity index is 1.70. The van der Waals surface area contributed by atoms with Crippen LogP contribution in [0.5, 0.6) is 11.8 Å². The first-order valence-electron chi connectivity index (χ1n) is 8.02. The molecule has 7 nitrogen and oxygen atoms in total. The van der Waals surface area contributed by atoms with Crippen LogP contribution in [-0.4, -0.2) is 49.2 Å². The second-order valence-corrected chi connectivity index (χ2v) is 7.98. The van der Waals surface area contributed by atoms with E-state index in [2.05, 4.69) is 10.2 Å². The van der Waals surface area contributed by atoms with Crippen LogP contribution in [0.3, 0.4) is 0 Å². The highest BCUT2D eigenvalue weighted by Gasteiger charge is 2.34. The number of rotatable bonds is 5. The Bertz CT molecular complexity index is 853. The zero-order valence-corrected chi connectivity index (χ0v) is 15.3. The van der Waals surface area contributed by atoms with Crippen molar-refractivity contribution in [2.75, 3.05) is 20.2 Å². The lowest BCUT2D eigenvalue weighted by atomic mass is 10.2. The maximum absolute atomic E-state index is 12.9. The van der Waals surface area contributed by atoms with Crippen LogP contribution < -0.4 is 9.47 Å². The summed E-state index contributed by atoms with van der Waals surface area (Å²) in [6, 6.07) is 8.68. The van der Waals surface area contributed by atoms with Crippen molar-refractivity contribution < 1.29 is 17.9 Å². The molecule has 0 N–H and O–H groups in total. The molecule has 0 saturated carbocycles. The van der Waals surface area contributed by atoms with Gasteiger partial charge in [0.1, 0.15) is 6.10 Å². The van der Waals surface area contributed by atoms with Gasteiger partial charge in [0.2, 0.25) is 21.8 Å². The molecule has 25 heavy (non-hydrogen) atoms. The Morgan fingerprint density at radius 1 is 1.12 bits per heavy atom. The predicted molar refractivity (Wildman–Crippen MR) is 92.3 cm³/mol. The van der Waals surface area contributed by atoms with Crippen molar-refractivity contribution in [1.82, 2.24) is 14.5 Å². The zero-order valence-electron chi connectivity index (χ0n) is 14.5. The van der Waals surface area contributed by atoms with Gasteiger partial charge in [-0.3, -0.25) is 0 Å². The lowest BCUT2D eigenvalue weighted by Crippen LogP contribution is -2.31. The molecule has 1 atom stereocenters. The third-order valence-corrected chi connectivity index (χ3v) is 6.19. The fourth-order valence-corrected chi connectivity index (χ4v) is 4.58. The van der Waals surface area contributed by atoms with Crippen molar-refractivity contribution in [1.29, 1.82) is 0 Å². The maximum Gasteiger partial charge on any atom is 0.243 e. The van der Waals surface area contributed by atoms with Gasteiger partial charge in [0.15, 0.2) is 0 Å². The zero-order chi connectivity index (χ0) is 18.0. The van der Waals surface area contributed by atoms with Crippen LogP contribution in [0.4, 0.5) is 0 Å². The largest absolute Gasteiger partial charge is 0.480 e. The SMILES string of the molecule is COc1ccc(OC2CCN(S(=O)(=O)c3ccc(C)cc3C)C2)nn1. The molecule has 0 radical (unpaired) electrons. The maximum atomic E-state index is 12.9. The van der Waals surface area contributed by atoms with E-state index >= 15 is 0 Å². The van der Waals surface area contributed by atoms with E-state index in [0.717, 1.165) is 11.1 Å². The van der Waals surface area contributed by atoms with Crippen LogP contribution in [0.25, 0.3) is 0 Å². The van der Waals surface area contributed by atoms with Crippen LogP contribution in [0.15, 0.2) is 35.2 Å². The number of ether oxygens (including phenoxy) is 2. The van der Waals surface area contributed by atoms with E-state index in [0.29, 0.717) is 36.2 Å². The molecule has 1 aliphatic heterocycles. The van der Waals surface area contributed by atoms with Gasteiger partial charge in [-0.2, -0.15) is 4.31 Å². The van der Waals surface area contributed by atoms with Crippen LogP contribution in [-0.2, 0) is 10.0 Å². The van der Waals surface area contributed by atoms with Gasteiger partial charge in [0, 0.05) is 18.7 Å². The summed E-state index contributed by atoms with van der Waals surface area (Å²) in [6.45, 7) is 4.48. The van der Waals surface area contributed by atoms with Gasteiger partial charge < -0.3 is 9.47 Å². The van der Waals surface area contributed by atoms with E-state index in [-0.39, 0.29) is 6.10 Å². The number of hydrogen-bond donors (Lipinski definition) is 0. The lowest BCUT2D eigenvalue weighted by molar-refractivity contribution is 0.203. The van der Waals surface area contributed by atoms with Gasteiger partial charge in [0.05, 0.1) is 18.6 Å². The summed E-state index contributed by atoms with van der Waals surface area (Å²) in [5, 5.41) is 7.76. The molecule has 3 rings (SSSR count). The minimum atomic E-state index is -3.52. The first kappa shape index (κ1) is 17.6. The third kappa shape index (κ3) is 3.74. The summed E-state index contributed by atoms with van der Waals surface area (Å²) in [6.07, 6.45) is 0.362. The number of nitrogens with zero attached hydrogens (tertiary/aromatic N) is 3. The molecule has 1 fully saturated rings. The normalized spacial score (nSPS) is 18.3. The molecule has 2 aromatic rings. The highest BCUT2D eigenvalue weighted by atomic mass is 32.2. The molecule has 0 amide bonds. The minimum Gasteiger partial charge on any atom is -0.480 e. The standard InChI is InChI=1S/C17H21N3O4S/c1-12-4-5-15(13(2)10-12)25(21,22)20-9-8-14(11-20)24-17-7-6-16(23-3)18-19-17/h4-7,10,14H,8-9,11H2,1-3H3. The molecule has 134 valence electrons. The number of benzene rings is 1. The first-order chi connectivity index (χ1) is 11.9. The fourth-order valence-electron chi connectivity index (χ4n) is 2.89. The van der Waals surface area contributed by atoms with Gasteiger partial charge in [0.25, 0.3) is 0 Å². The van der Waals surface area contributed by atoms with Crippen molar-refractivity contribution in [3.8, 4) is 11.8 Å². The Morgan fingerprint density at radius 2 is 1.84 bits per heavy atom. The number of aromatic nitrogens is 2. The summed E-state index contributed by atoms with van der Waals surface area (Å²) in [5.74, 6) is 0.759. The van der Waals surface area contributed by atoms with Crippen LogP contribution in [0.2, 0.25) is 0 Å². The Morgan fingerprint density at radius 3 is 2.48 bits per heavy atom. The van der Waals surface area contributed by atoms with E-state index in [9.17, 15) is 8.42 Å². The molecular formula is C17H21N3O4S. The Hall–Kier alpha value is -2.19. The summed E-state index contributed by atoms with van der Waals surface area (Å²) in [5.41, 5.74) is 1.79. The monoisotopic (exact) mass is 363 g/mol. The van der Waals surface area contributed by atoms with Crippen molar-refractivity contribution in [2.45, 2.75) is 31.3 Å². The quantitative estimate of drug-likeness (QED) is 0.807.